The molecular formula is C25H32ClN5O6. The third kappa shape index (κ3) is 6.86. The van der Waals surface area contributed by atoms with Gasteiger partial charge >= 0.3 is 0 Å². The van der Waals surface area contributed by atoms with Gasteiger partial charge in [0.15, 0.2) is 0 Å². The molecule has 0 bridgehead atoms. The number of aliphatic hydroxyl groups excluding tert-OH is 1. The quantitative estimate of drug-likeness (QED) is 0.362. The van der Waals surface area contributed by atoms with Crippen molar-refractivity contribution >= 4 is 41.1 Å². The first-order valence-corrected chi connectivity index (χ1v) is 12.6. The molecular weight excluding hydrogens is 502 g/mol. The van der Waals surface area contributed by atoms with Crippen LogP contribution in [0.3, 0.4) is 0 Å². The summed E-state index contributed by atoms with van der Waals surface area (Å²) in [4.78, 5) is 66.6. The van der Waals surface area contributed by atoms with Crippen molar-refractivity contribution in [2.75, 3.05) is 13.2 Å². The van der Waals surface area contributed by atoms with Crippen molar-refractivity contribution in [1.82, 2.24) is 26.2 Å². The summed E-state index contributed by atoms with van der Waals surface area (Å²) in [5.41, 5.74) is 0.629. The minimum atomic E-state index is -1.32. The van der Waals surface area contributed by atoms with Crippen LogP contribution in [0.15, 0.2) is 41.4 Å². The number of carbonyl (C=O) groups excluding carboxylic acids is 5. The Kier molecular flexibility index (Phi) is 9.65. The van der Waals surface area contributed by atoms with Crippen molar-refractivity contribution in [3.05, 3.63) is 47.0 Å². The van der Waals surface area contributed by atoms with Crippen molar-refractivity contribution in [2.45, 2.75) is 63.3 Å². The standard InChI is InChI=1S/C25H32ClN5O6/c1-3-16-22(34)30-19(13-32)23(35)29-18(14-8-6-5-7-9-14)11-21(33)27-17(4-2)25(37)31-12-15(26)10-20(31)24(36)28-16/h5-10,16-20,32H,3-4,11-13H2,1-2H3,(H,27,33)(H,28,36)(H,29,35)(H,30,34)/t16-,17-,18+,19-,20-/m0/s1. The molecule has 5 atom stereocenters. The van der Waals surface area contributed by atoms with E-state index in [-0.39, 0.29) is 30.8 Å². The van der Waals surface area contributed by atoms with E-state index < -0.39 is 66.4 Å². The first kappa shape index (κ1) is 28.1. The number of nitrogens with one attached hydrogen (secondary N) is 4. The maximum atomic E-state index is 13.4. The van der Waals surface area contributed by atoms with Gasteiger partial charge in [-0.15, -0.1) is 0 Å². The molecule has 0 aliphatic carbocycles. The Balaban J connectivity index is 1.98. The number of nitrogens with zero attached hydrogens (tertiary/aromatic N) is 1. The number of hydrogen-bond acceptors (Lipinski definition) is 6. The first-order valence-electron chi connectivity index (χ1n) is 12.2. The number of amides is 5. The molecule has 3 rings (SSSR count). The van der Waals surface area contributed by atoms with Crippen LogP contribution in [-0.4, -0.2) is 76.9 Å². The Morgan fingerprint density at radius 3 is 2.11 bits per heavy atom. The number of halogens is 1. The predicted octanol–water partition coefficient (Wildman–Crippen LogP) is -0.152. The predicted molar refractivity (Wildman–Crippen MR) is 135 cm³/mol. The van der Waals surface area contributed by atoms with E-state index in [0.29, 0.717) is 5.56 Å². The van der Waals surface area contributed by atoms with E-state index in [1.807, 2.05) is 0 Å². The van der Waals surface area contributed by atoms with Crippen molar-refractivity contribution in [2.24, 2.45) is 0 Å². The minimum absolute atomic E-state index is 0.0108. The Morgan fingerprint density at radius 1 is 0.865 bits per heavy atom. The summed E-state index contributed by atoms with van der Waals surface area (Å²) in [6.45, 7) is 2.69. The summed E-state index contributed by atoms with van der Waals surface area (Å²) in [6, 6.07) is 3.60. The van der Waals surface area contributed by atoms with Crippen molar-refractivity contribution in [3.63, 3.8) is 0 Å². The van der Waals surface area contributed by atoms with Crippen molar-refractivity contribution in [1.29, 1.82) is 0 Å². The molecule has 0 spiro atoms. The van der Waals surface area contributed by atoms with Gasteiger partial charge < -0.3 is 31.3 Å². The second kappa shape index (κ2) is 12.7. The van der Waals surface area contributed by atoms with E-state index >= 15 is 0 Å². The van der Waals surface area contributed by atoms with Gasteiger partial charge in [-0.25, -0.2) is 0 Å². The zero-order valence-electron chi connectivity index (χ0n) is 20.7. The van der Waals surface area contributed by atoms with Crippen LogP contribution >= 0.6 is 11.6 Å². The number of carbonyl (C=O) groups is 5. The van der Waals surface area contributed by atoms with Gasteiger partial charge in [0.25, 0.3) is 0 Å². The number of rotatable bonds is 4. The molecule has 2 aliphatic rings. The molecule has 2 aliphatic heterocycles. The van der Waals surface area contributed by atoms with Crippen LogP contribution in [0, 0.1) is 0 Å². The fraction of sp³-hybridized carbons (Fsp3) is 0.480. The largest absolute Gasteiger partial charge is 0.394 e. The Labute approximate surface area is 220 Å². The highest BCUT2D eigenvalue weighted by molar-refractivity contribution is 6.30. The molecule has 2 heterocycles. The smallest absolute Gasteiger partial charge is 0.247 e. The number of fused-ring (bicyclic) bond motifs is 1. The normalized spacial score (nSPS) is 28.0. The second-order valence-electron chi connectivity index (χ2n) is 8.94. The monoisotopic (exact) mass is 533 g/mol. The van der Waals surface area contributed by atoms with E-state index in [9.17, 15) is 29.1 Å². The summed E-state index contributed by atoms with van der Waals surface area (Å²) >= 11 is 6.17. The molecule has 11 nitrogen and oxygen atoms in total. The zero-order chi connectivity index (χ0) is 27.1. The molecule has 0 aromatic heterocycles. The minimum Gasteiger partial charge on any atom is -0.394 e. The van der Waals surface area contributed by atoms with Crippen LogP contribution in [0.2, 0.25) is 0 Å². The zero-order valence-corrected chi connectivity index (χ0v) is 21.5. The average Bonchev–Trinajstić information content (AvgIpc) is 3.29. The van der Waals surface area contributed by atoms with Gasteiger partial charge in [-0.1, -0.05) is 55.8 Å². The van der Waals surface area contributed by atoms with Gasteiger partial charge in [0.1, 0.15) is 24.2 Å². The van der Waals surface area contributed by atoms with Crippen LogP contribution in [0.1, 0.15) is 44.7 Å². The SMILES string of the molecule is CC[C@@H]1NC(=O)[C@@H]2C=C(Cl)CN2C(=O)[C@H](CC)NC(=O)C[C@H](c2ccccc2)NC(=O)[C@H](CO)NC1=O. The van der Waals surface area contributed by atoms with E-state index in [2.05, 4.69) is 21.3 Å². The van der Waals surface area contributed by atoms with E-state index in [1.165, 1.54) is 11.0 Å². The van der Waals surface area contributed by atoms with E-state index in [0.717, 1.165) is 0 Å². The maximum absolute atomic E-state index is 13.4. The van der Waals surface area contributed by atoms with Crippen molar-refractivity contribution in [3.8, 4) is 0 Å². The highest BCUT2D eigenvalue weighted by Gasteiger charge is 2.38. The van der Waals surface area contributed by atoms with Gasteiger partial charge in [-0.2, -0.15) is 0 Å². The lowest BCUT2D eigenvalue weighted by atomic mass is 10.0. The molecule has 0 unspecified atom stereocenters. The molecule has 37 heavy (non-hydrogen) atoms. The van der Waals surface area contributed by atoms with Crippen molar-refractivity contribution < 1.29 is 29.1 Å². The third-order valence-corrected chi connectivity index (χ3v) is 6.60. The Morgan fingerprint density at radius 2 is 1.49 bits per heavy atom. The lowest BCUT2D eigenvalue weighted by Crippen LogP contribution is -2.59. The maximum Gasteiger partial charge on any atom is 0.247 e. The Hall–Kier alpha value is -3.44. The van der Waals surface area contributed by atoms with Gasteiger partial charge in [0.2, 0.25) is 29.5 Å². The van der Waals surface area contributed by atoms with Crippen LogP contribution in [0.4, 0.5) is 0 Å². The van der Waals surface area contributed by atoms with E-state index in [1.54, 1.807) is 44.2 Å². The topological polar surface area (TPSA) is 157 Å². The fourth-order valence-corrected chi connectivity index (χ4v) is 4.52. The van der Waals surface area contributed by atoms with Gasteiger partial charge in [-0.05, 0) is 24.5 Å². The molecule has 5 N–H and O–H groups in total. The summed E-state index contributed by atoms with van der Waals surface area (Å²) < 4.78 is 0. The number of aliphatic hydroxyl groups is 1. The molecule has 1 fully saturated rings. The fourth-order valence-electron chi connectivity index (χ4n) is 4.27. The van der Waals surface area contributed by atoms with Crippen LogP contribution in [0.5, 0.6) is 0 Å². The van der Waals surface area contributed by atoms with Crippen LogP contribution in [-0.2, 0) is 24.0 Å². The second-order valence-corrected chi connectivity index (χ2v) is 9.43. The first-order chi connectivity index (χ1) is 17.7. The summed E-state index contributed by atoms with van der Waals surface area (Å²) in [7, 11) is 0. The molecule has 1 saturated heterocycles. The van der Waals surface area contributed by atoms with Gasteiger partial charge in [0, 0.05) is 5.03 Å². The Bertz CT molecular complexity index is 1060. The molecule has 0 radical (unpaired) electrons. The lowest BCUT2D eigenvalue weighted by Gasteiger charge is -2.30. The average molecular weight is 534 g/mol. The molecule has 0 saturated carbocycles. The molecule has 200 valence electrons. The van der Waals surface area contributed by atoms with Crippen LogP contribution < -0.4 is 21.3 Å². The highest BCUT2D eigenvalue weighted by Crippen LogP contribution is 2.22. The molecule has 12 heteroatoms. The van der Waals surface area contributed by atoms with E-state index in [4.69, 9.17) is 11.6 Å². The molecule has 1 aromatic rings. The van der Waals surface area contributed by atoms with Gasteiger partial charge in [0.05, 0.1) is 25.6 Å². The summed E-state index contributed by atoms with van der Waals surface area (Å²) in [6.07, 6.45) is 1.66. The number of benzene rings is 1. The third-order valence-electron chi connectivity index (χ3n) is 6.35. The van der Waals surface area contributed by atoms with Crippen LogP contribution in [0.25, 0.3) is 0 Å². The summed E-state index contributed by atoms with van der Waals surface area (Å²) in [5, 5.41) is 20.6. The molecule has 5 amide bonds. The number of hydrogen-bond donors (Lipinski definition) is 5. The lowest BCUT2D eigenvalue weighted by molar-refractivity contribution is -0.142. The molecule has 1 aromatic carbocycles. The van der Waals surface area contributed by atoms with Gasteiger partial charge in [-0.3, -0.25) is 24.0 Å². The summed E-state index contributed by atoms with van der Waals surface area (Å²) in [5.74, 6) is -3.01. The highest BCUT2D eigenvalue weighted by atomic mass is 35.5.